The lowest BCUT2D eigenvalue weighted by molar-refractivity contribution is 0.101. The summed E-state index contributed by atoms with van der Waals surface area (Å²) in [5.74, 6) is -0.406. The highest BCUT2D eigenvalue weighted by molar-refractivity contribution is 9.10. The van der Waals surface area contributed by atoms with E-state index in [1.54, 1.807) is 24.3 Å². The van der Waals surface area contributed by atoms with Crippen LogP contribution in [0.4, 0.5) is 11.4 Å². The van der Waals surface area contributed by atoms with Gasteiger partial charge in [-0.25, -0.2) is 0 Å². The molecule has 3 aromatic carbocycles. The summed E-state index contributed by atoms with van der Waals surface area (Å²) in [6, 6.07) is 16.4. The minimum Gasteiger partial charge on any atom is -0.321 e. The van der Waals surface area contributed by atoms with E-state index in [1.165, 1.54) is 0 Å². The van der Waals surface area contributed by atoms with Crippen molar-refractivity contribution < 1.29 is 9.59 Å². The van der Waals surface area contributed by atoms with Crippen molar-refractivity contribution in [2.75, 3.05) is 10.6 Å². The molecule has 0 bridgehead atoms. The lowest BCUT2D eigenvalue weighted by Gasteiger charge is -2.19. The van der Waals surface area contributed by atoms with Crippen molar-refractivity contribution in [2.45, 2.75) is 20.8 Å². The molecule has 29 heavy (non-hydrogen) atoms. The van der Waals surface area contributed by atoms with Gasteiger partial charge in [0.25, 0.3) is 11.8 Å². The van der Waals surface area contributed by atoms with Crippen LogP contribution in [0.1, 0.15) is 37.4 Å². The second-order valence-electron chi connectivity index (χ2n) is 6.81. The van der Waals surface area contributed by atoms with Crippen LogP contribution in [-0.2, 0) is 0 Å². The van der Waals surface area contributed by atoms with Crippen LogP contribution in [0.25, 0.3) is 0 Å². The number of benzene rings is 3. The summed E-state index contributed by atoms with van der Waals surface area (Å²) < 4.78 is 1.67. The third kappa shape index (κ3) is 4.95. The molecule has 0 aliphatic heterocycles. The summed E-state index contributed by atoms with van der Waals surface area (Å²) in [5.41, 5.74) is 5.19. The van der Waals surface area contributed by atoms with E-state index < -0.39 is 0 Å². The van der Waals surface area contributed by atoms with Gasteiger partial charge in [-0.3, -0.25) is 9.59 Å². The van der Waals surface area contributed by atoms with Crippen LogP contribution >= 0.6 is 31.9 Å². The predicted molar refractivity (Wildman–Crippen MR) is 125 cm³/mol. The van der Waals surface area contributed by atoms with Gasteiger partial charge in [0.05, 0.1) is 0 Å². The van der Waals surface area contributed by atoms with Crippen molar-refractivity contribution in [3.05, 3.63) is 91.4 Å². The predicted octanol–water partition coefficient (Wildman–Crippen LogP) is 6.64. The first-order valence-corrected chi connectivity index (χ1v) is 10.6. The number of halogens is 2. The van der Waals surface area contributed by atoms with Crippen LogP contribution < -0.4 is 10.6 Å². The lowest BCUT2D eigenvalue weighted by atomic mass is 10.0. The van der Waals surface area contributed by atoms with Crippen molar-refractivity contribution in [3.8, 4) is 0 Å². The summed E-state index contributed by atoms with van der Waals surface area (Å²) in [6.45, 7) is 5.78. The summed E-state index contributed by atoms with van der Waals surface area (Å²) in [7, 11) is 0. The van der Waals surface area contributed by atoms with Gasteiger partial charge in [0.2, 0.25) is 0 Å². The van der Waals surface area contributed by atoms with Gasteiger partial charge in [-0.1, -0.05) is 50.1 Å². The summed E-state index contributed by atoms with van der Waals surface area (Å²) >= 11 is 6.78. The van der Waals surface area contributed by atoms with Gasteiger partial charge >= 0.3 is 0 Å². The molecule has 3 rings (SSSR count). The molecule has 0 fully saturated rings. The number of amides is 2. The molecule has 0 atom stereocenters. The van der Waals surface area contributed by atoms with Crippen LogP contribution in [-0.4, -0.2) is 11.8 Å². The number of carbonyl (C=O) groups excluding carboxylic acids is 2. The Morgan fingerprint density at radius 1 is 0.690 bits per heavy atom. The normalized spacial score (nSPS) is 10.5. The number of nitrogens with one attached hydrogen (secondary N) is 2. The van der Waals surface area contributed by atoms with E-state index in [9.17, 15) is 9.59 Å². The summed E-state index contributed by atoms with van der Waals surface area (Å²) in [6.07, 6.45) is 0. The zero-order chi connectivity index (χ0) is 21.1. The molecule has 0 unspecified atom stereocenters. The molecule has 2 N–H and O–H groups in total. The number of carbonyl (C=O) groups is 2. The zero-order valence-electron chi connectivity index (χ0n) is 16.3. The van der Waals surface area contributed by atoms with Crippen molar-refractivity contribution in [1.29, 1.82) is 0 Å². The van der Waals surface area contributed by atoms with E-state index in [-0.39, 0.29) is 11.8 Å². The standard InChI is InChI=1S/C23H20Br2N2O2/c1-13-10-14(2)21(27-23(29)17-7-5-9-19(25)12-17)15(3)20(13)26-22(28)16-6-4-8-18(24)11-16/h4-12H,1-3H3,(H,26,28)(H,27,29). The fraction of sp³-hybridized carbons (Fsp3) is 0.130. The molecule has 0 saturated heterocycles. The highest BCUT2D eigenvalue weighted by Gasteiger charge is 2.17. The number of hydrogen-bond donors (Lipinski definition) is 2. The van der Waals surface area contributed by atoms with Crippen molar-refractivity contribution in [3.63, 3.8) is 0 Å². The molecule has 0 spiro atoms. The quantitative estimate of drug-likeness (QED) is 0.409. The topological polar surface area (TPSA) is 58.2 Å². The average molecular weight is 516 g/mol. The Labute approximate surface area is 187 Å². The third-order valence-electron chi connectivity index (χ3n) is 4.62. The van der Waals surface area contributed by atoms with E-state index >= 15 is 0 Å². The Kier molecular flexibility index (Phi) is 6.55. The fourth-order valence-corrected chi connectivity index (χ4v) is 4.00. The molecule has 6 heteroatoms. The maximum absolute atomic E-state index is 12.7. The molecule has 0 saturated carbocycles. The Morgan fingerprint density at radius 2 is 1.10 bits per heavy atom. The van der Waals surface area contributed by atoms with Crippen molar-refractivity contribution in [1.82, 2.24) is 0 Å². The molecule has 0 heterocycles. The first-order chi connectivity index (χ1) is 13.8. The van der Waals surface area contributed by atoms with Crippen LogP contribution in [0, 0.1) is 20.8 Å². The molecule has 4 nitrogen and oxygen atoms in total. The minimum atomic E-state index is -0.203. The smallest absolute Gasteiger partial charge is 0.255 e. The molecule has 0 aliphatic rings. The molecule has 148 valence electrons. The first kappa shape index (κ1) is 21.3. The second kappa shape index (κ2) is 8.93. The van der Waals surface area contributed by atoms with Gasteiger partial charge in [0.1, 0.15) is 0 Å². The lowest BCUT2D eigenvalue weighted by Crippen LogP contribution is -2.17. The van der Waals surface area contributed by atoms with Gasteiger partial charge in [-0.05, 0) is 73.9 Å². The van der Waals surface area contributed by atoms with Crippen LogP contribution in [0.15, 0.2) is 63.5 Å². The average Bonchev–Trinajstić information content (AvgIpc) is 2.68. The van der Waals surface area contributed by atoms with Gasteiger partial charge in [0.15, 0.2) is 0 Å². The largest absolute Gasteiger partial charge is 0.321 e. The second-order valence-corrected chi connectivity index (χ2v) is 8.65. The number of anilines is 2. The van der Waals surface area contributed by atoms with Crippen LogP contribution in [0.5, 0.6) is 0 Å². The highest BCUT2D eigenvalue weighted by atomic mass is 79.9. The number of rotatable bonds is 4. The van der Waals surface area contributed by atoms with Gasteiger partial charge in [-0.15, -0.1) is 0 Å². The van der Waals surface area contributed by atoms with E-state index in [0.29, 0.717) is 22.5 Å². The highest BCUT2D eigenvalue weighted by Crippen LogP contribution is 2.32. The fourth-order valence-electron chi connectivity index (χ4n) is 3.20. The Morgan fingerprint density at radius 3 is 1.48 bits per heavy atom. The molecular weight excluding hydrogens is 496 g/mol. The van der Waals surface area contributed by atoms with Gasteiger partial charge in [0, 0.05) is 31.4 Å². The van der Waals surface area contributed by atoms with Crippen LogP contribution in [0.2, 0.25) is 0 Å². The van der Waals surface area contributed by atoms with Gasteiger partial charge < -0.3 is 10.6 Å². The molecular formula is C23H20Br2N2O2. The van der Waals surface area contributed by atoms with Crippen molar-refractivity contribution >= 4 is 55.0 Å². The summed E-state index contributed by atoms with van der Waals surface area (Å²) in [5, 5.41) is 5.99. The monoisotopic (exact) mass is 514 g/mol. The molecule has 0 aromatic heterocycles. The Hall–Kier alpha value is -2.44. The SMILES string of the molecule is Cc1cc(C)c(NC(=O)c2cccc(Br)c2)c(C)c1NC(=O)c1cccc(Br)c1. The zero-order valence-corrected chi connectivity index (χ0v) is 19.4. The Bertz CT molecular complexity index is 1030. The maximum Gasteiger partial charge on any atom is 0.255 e. The maximum atomic E-state index is 12.7. The summed E-state index contributed by atoms with van der Waals surface area (Å²) in [4.78, 5) is 25.4. The van der Waals surface area contributed by atoms with E-state index in [2.05, 4.69) is 42.5 Å². The van der Waals surface area contributed by atoms with E-state index in [1.807, 2.05) is 51.1 Å². The molecule has 0 radical (unpaired) electrons. The minimum absolute atomic E-state index is 0.203. The molecule has 0 aliphatic carbocycles. The number of hydrogen-bond acceptors (Lipinski definition) is 2. The van der Waals surface area contributed by atoms with Gasteiger partial charge in [-0.2, -0.15) is 0 Å². The Balaban J connectivity index is 1.92. The number of aryl methyl sites for hydroxylation is 2. The third-order valence-corrected chi connectivity index (χ3v) is 5.61. The van der Waals surface area contributed by atoms with E-state index in [4.69, 9.17) is 0 Å². The first-order valence-electron chi connectivity index (χ1n) is 9.01. The van der Waals surface area contributed by atoms with E-state index in [0.717, 1.165) is 25.6 Å². The van der Waals surface area contributed by atoms with Crippen molar-refractivity contribution in [2.24, 2.45) is 0 Å². The molecule has 2 amide bonds. The molecule has 3 aromatic rings. The van der Waals surface area contributed by atoms with Crippen LogP contribution in [0.3, 0.4) is 0 Å².